The van der Waals surface area contributed by atoms with E-state index in [9.17, 15) is 0 Å². The van der Waals surface area contributed by atoms with Crippen LogP contribution in [0, 0.1) is 11.3 Å². The molecular weight excluding hydrogens is 182 g/mol. The van der Waals surface area contributed by atoms with Gasteiger partial charge in [-0.15, -0.1) is 0 Å². The summed E-state index contributed by atoms with van der Waals surface area (Å²) in [6.07, 6.45) is 3.92. The van der Waals surface area contributed by atoms with E-state index in [2.05, 4.69) is 44.2 Å². The summed E-state index contributed by atoms with van der Waals surface area (Å²) in [6.45, 7) is 4.47. The van der Waals surface area contributed by atoms with Crippen molar-refractivity contribution >= 4 is 0 Å². The summed E-state index contributed by atoms with van der Waals surface area (Å²) in [5.41, 5.74) is 1.54. The zero-order valence-corrected chi connectivity index (χ0v) is 9.66. The zero-order chi connectivity index (χ0) is 11.1. The van der Waals surface area contributed by atoms with Crippen LogP contribution in [0.15, 0.2) is 30.3 Å². The average Bonchev–Trinajstić information content (AvgIpc) is 2.28. The van der Waals surface area contributed by atoms with Crippen LogP contribution >= 0.6 is 0 Å². The number of nitrogens with zero attached hydrogens (tertiary/aromatic N) is 1. The molecule has 1 rings (SSSR count). The van der Waals surface area contributed by atoms with E-state index in [1.54, 1.807) is 0 Å². The Labute approximate surface area is 92.7 Å². The van der Waals surface area contributed by atoms with Gasteiger partial charge in [0.25, 0.3) is 0 Å². The lowest BCUT2D eigenvalue weighted by Gasteiger charge is -2.29. The molecule has 0 bridgehead atoms. The maximum Gasteiger partial charge on any atom is 0.0622 e. The van der Waals surface area contributed by atoms with Crippen LogP contribution in [0.1, 0.15) is 45.1 Å². The zero-order valence-electron chi connectivity index (χ0n) is 9.66. The molecule has 0 spiro atoms. The second kappa shape index (κ2) is 5.56. The second-order valence-electron chi connectivity index (χ2n) is 4.33. The molecule has 0 aromatic heterocycles. The Morgan fingerprint density at radius 3 is 2.40 bits per heavy atom. The lowest BCUT2D eigenvalue weighted by Crippen LogP contribution is -2.21. The van der Waals surface area contributed by atoms with Gasteiger partial charge in [0.15, 0.2) is 0 Å². The van der Waals surface area contributed by atoms with Crippen LogP contribution in [0.3, 0.4) is 0 Å². The van der Waals surface area contributed by atoms with Crippen molar-refractivity contribution in [3.63, 3.8) is 0 Å². The molecule has 1 aromatic rings. The lowest BCUT2D eigenvalue weighted by molar-refractivity contribution is 0.401. The van der Waals surface area contributed by atoms with Crippen LogP contribution in [0.2, 0.25) is 0 Å². The van der Waals surface area contributed by atoms with Crippen molar-refractivity contribution in [2.45, 2.75) is 44.9 Å². The monoisotopic (exact) mass is 201 g/mol. The quantitative estimate of drug-likeness (QED) is 0.705. The molecule has 15 heavy (non-hydrogen) atoms. The number of benzene rings is 1. The molecule has 0 saturated carbocycles. The molecule has 0 aliphatic heterocycles. The number of nitriles is 1. The minimum atomic E-state index is 0.172. The minimum Gasteiger partial charge on any atom is -0.198 e. The molecule has 0 N–H and O–H groups in total. The number of hydrogen-bond acceptors (Lipinski definition) is 1. The Bertz CT molecular complexity index is 323. The van der Waals surface area contributed by atoms with Crippen molar-refractivity contribution in [2.24, 2.45) is 0 Å². The smallest absolute Gasteiger partial charge is 0.0622 e. The first-order valence-corrected chi connectivity index (χ1v) is 5.65. The van der Waals surface area contributed by atoms with Gasteiger partial charge in [-0.25, -0.2) is 0 Å². The number of hydrogen-bond donors (Lipinski definition) is 0. The molecular formula is C14H19N. The molecule has 1 unspecified atom stereocenters. The van der Waals surface area contributed by atoms with E-state index in [1.165, 1.54) is 5.56 Å². The molecule has 0 radical (unpaired) electrons. The van der Waals surface area contributed by atoms with Crippen LogP contribution in [-0.2, 0) is 5.41 Å². The average molecular weight is 201 g/mol. The molecule has 1 nitrogen and oxygen atoms in total. The molecule has 1 heteroatoms. The van der Waals surface area contributed by atoms with E-state index in [0.717, 1.165) is 19.3 Å². The van der Waals surface area contributed by atoms with E-state index >= 15 is 0 Å². The normalized spacial score (nSPS) is 14.2. The van der Waals surface area contributed by atoms with Crippen LogP contribution in [0.5, 0.6) is 0 Å². The van der Waals surface area contributed by atoms with Gasteiger partial charge in [0, 0.05) is 6.42 Å². The molecule has 0 fully saturated rings. The first kappa shape index (κ1) is 11.8. The highest BCUT2D eigenvalue weighted by Crippen LogP contribution is 2.33. The highest BCUT2D eigenvalue weighted by molar-refractivity contribution is 5.24. The molecule has 80 valence electrons. The van der Waals surface area contributed by atoms with Gasteiger partial charge in [-0.1, -0.05) is 50.6 Å². The first-order chi connectivity index (χ1) is 7.23. The predicted molar refractivity (Wildman–Crippen MR) is 63.5 cm³/mol. The lowest BCUT2D eigenvalue weighted by atomic mass is 9.75. The Kier molecular flexibility index (Phi) is 4.37. The van der Waals surface area contributed by atoms with Crippen LogP contribution in [0.4, 0.5) is 0 Å². The summed E-state index contributed by atoms with van der Waals surface area (Å²) in [5, 5.41) is 8.69. The third-order valence-corrected chi connectivity index (χ3v) is 3.06. The van der Waals surface area contributed by atoms with Crippen molar-refractivity contribution in [3.8, 4) is 6.07 Å². The highest BCUT2D eigenvalue weighted by atomic mass is 14.3. The van der Waals surface area contributed by atoms with Gasteiger partial charge in [-0.2, -0.15) is 5.26 Å². The summed E-state index contributed by atoms with van der Waals surface area (Å²) in [7, 11) is 0. The van der Waals surface area contributed by atoms with Crippen LogP contribution in [-0.4, -0.2) is 0 Å². The molecule has 0 heterocycles. The molecule has 0 amide bonds. The summed E-state index contributed by atoms with van der Waals surface area (Å²) in [5.74, 6) is 0. The van der Waals surface area contributed by atoms with E-state index in [-0.39, 0.29) is 5.41 Å². The maximum atomic E-state index is 8.69. The number of rotatable bonds is 5. The molecule has 0 aliphatic rings. The van der Waals surface area contributed by atoms with Gasteiger partial charge in [0.05, 0.1) is 6.07 Å². The van der Waals surface area contributed by atoms with E-state index in [0.29, 0.717) is 6.42 Å². The molecule has 1 aromatic carbocycles. The minimum absolute atomic E-state index is 0.172. The van der Waals surface area contributed by atoms with Crippen LogP contribution in [0.25, 0.3) is 0 Å². The fourth-order valence-electron chi connectivity index (χ4n) is 2.14. The van der Waals surface area contributed by atoms with Gasteiger partial charge in [-0.05, 0) is 23.8 Å². The van der Waals surface area contributed by atoms with Gasteiger partial charge >= 0.3 is 0 Å². The summed E-state index contributed by atoms with van der Waals surface area (Å²) in [4.78, 5) is 0. The van der Waals surface area contributed by atoms with E-state index in [1.807, 2.05) is 6.07 Å². The fourth-order valence-corrected chi connectivity index (χ4v) is 2.14. The van der Waals surface area contributed by atoms with Crippen molar-refractivity contribution in [2.75, 3.05) is 0 Å². The fraction of sp³-hybridized carbons (Fsp3) is 0.500. The van der Waals surface area contributed by atoms with Crippen LogP contribution < -0.4 is 0 Å². The van der Waals surface area contributed by atoms with Crippen molar-refractivity contribution in [1.29, 1.82) is 5.26 Å². The first-order valence-electron chi connectivity index (χ1n) is 5.65. The third kappa shape index (κ3) is 3.09. The topological polar surface area (TPSA) is 23.8 Å². The summed E-state index contributed by atoms with van der Waals surface area (Å²) < 4.78 is 0. The van der Waals surface area contributed by atoms with Crippen molar-refractivity contribution in [3.05, 3.63) is 35.9 Å². The Morgan fingerprint density at radius 1 is 1.20 bits per heavy atom. The van der Waals surface area contributed by atoms with Gasteiger partial charge in [0.1, 0.15) is 0 Å². The van der Waals surface area contributed by atoms with Gasteiger partial charge < -0.3 is 0 Å². The molecule has 0 aliphatic carbocycles. The van der Waals surface area contributed by atoms with Gasteiger partial charge in [0.2, 0.25) is 0 Å². The molecule has 1 atom stereocenters. The van der Waals surface area contributed by atoms with Gasteiger partial charge in [-0.3, -0.25) is 0 Å². The largest absolute Gasteiger partial charge is 0.198 e. The van der Waals surface area contributed by atoms with E-state index < -0.39 is 0 Å². The Morgan fingerprint density at radius 2 is 1.87 bits per heavy atom. The van der Waals surface area contributed by atoms with E-state index in [4.69, 9.17) is 5.26 Å². The molecule has 0 saturated heterocycles. The Hall–Kier alpha value is -1.29. The SMILES string of the molecule is CCCC(C)(CCC#N)c1ccccc1. The highest BCUT2D eigenvalue weighted by Gasteiger charge is 2.24. The maximum absolute atomic E-state index is 8.69. The third-order valence-electron chi connectivity index (χ3n) is 3.06. The Balaban J connectivity index is 2.86. The predicted octanol–water partition coefficient (Wildman–Crippen LogP) is 4.05. The van der Waals surface area contributed by atoms with Crippen molar-refractivity contribution in [1.82, 2.24) is 0 Å². The summed E-state index contributed by atoms with van der Waals surface area (Å²) in [6, 6.07) is 12.8. The second-order valence-corrected chi connectivity index (χ2v) is 4.33. The summed E-state index contributed by atoms with van der Waals surface area (Å²) >= 11 is 0. The standard InChI is InChI=1S/C14H19N/c1-3-10-14(2,11-7-12-15)13-8-5-4-6-9-13/h4-6,8-9H,3,7,10-11H2,1-2H3. The van der Waals surface area contributed by atoms with Crippen molar-refractivity contribution < 1.29 is 0 Å².